The Morgan fingerprint density at radius 2 is 1.93 bits per heavy atom. The van der Waals surface area contributed by atoms with Crippen LogP contribution in [-0.2, 0) is 4.79 Å². The molecule has 7 heteroatoms. The highest BCUT2D eigenvalue weighted by atomic mass is 32.2. The summed E-state index contributed by atoms with van der Waals surface area (Å²) in [5.74, 6) is 0.0157. The Kier molecular flexibility index (Phi) is 5.79. The maximum absolute atomic E-state index is 13.5. The number of nitrogens with one attached hydrogen (secondary N) is 1. The maximum atomic E-state index is 13.5. The summed E-state index contributed by atoms with van der Waals surface area (Å²) < 4.78 is 27.8. The van der Waals surface area contributed by atoms with Crippen LogP contribution in [0.3, 0.4) is 0 Å². The molecule has 1 N–H and O–H groups in total. The molecule has 0 radical (unpaired) electrons. The van der Waals surface area contributed by atoms with Crippen LogP contribution >= 0.6 is 11.8 Å². The van der Waals surface area contributed by atoms with Gasteiger partial charge in [-0.15, -0.1) is 0 Å². The molecule has 142 valence electrons. The first kappa shape index (κ1) is 19.4. The molecule has 0 aliphatic carbocycles. The van der Waals surface area contributed by atoms with Gasteiger partial charge in [0.05, 0.1) is 16.8 Å². The zero-order valence-electron chi connectivity index (χ0n) is 15.4. The number of aromatic nitrogens is 2. The molecule has 0 aliphatic heterocycles. The molecule has 0 unspecified atom stereocenters. The molecular weight excluding hydrogens is 368 g/mol. The van der Waals surface area contributed by atoms with Gasteiger partial charge in [0, 0.05) is 5.69 Å². The van der Waals surface area contributed by atoms with Gasteiger partial charge in [-0.05, 0) is 36.1 Å². The van der Waals surface area contributed by atoms with Crippen molar-refractivity contribution in [3.8, 4) is 0 Å². The summed E-state index contributed by atoms with van der Waals surface area (Å²) in [6.45, 7) is 3.34. The monoisotopic (exact) mass is 389 g/mol. The number of rotatable bonds is 6. The summed E-state index contributed by atoms with van der Waals surface area (Å²) in [7, 11) is 0. The SMILES string of the molecule is Cc1cccc(C(C)C)c1NC(=O)CSc1nc2ccccc2n1C(F)F. The number of benzene rings is 2. The standard InChI is InChI=1S/C20H21F2N3OS/c1-12(2)14-8-6-7-13(3)18(14)24-17(26)11-27-20-23-15-9-4-5-10-16(15)25(20)19(21)22/h4-10,12,19H,11H2,1-3H3,(H,24,26). The van der Waals surface area contributed by atoms with E-state index >= 15 is 0 Å². The largest absolute Gasteiger partial charge is 0.325 e. The van der Waals surface area contributed by atoms with E-state index in [1.807, 2.05) is 25.1 Å². The van der Waals surface area contributed by atoms with Crippen molar-refractivity contribution >= 4 is 34.4 Å². The van der Waals surface area contributed by atoms with Crippen LogP contribution in [0.2, 0.25) is 0 Å². The summed E-state index contributed by atoms with van der Waals surface area (Å²) in [6, 6.07) is 12.6. The van der Waals surface area contributed by atoms with E-state index in [1.165, 1.54) is 0 Å². The van der Waals surface area contributed by atoms with Gasteiger partial charge in [0.25, 0.3) is 0 Å². The Morgan fingerprint density at radius 3 is 2.63 bits per heavy atom. The highest BCUT2D eigenvalue weighted by Gasteiger charge is 2.19. The lowest BCUT2D eigenvalue weighted by Gasteiger charge is -2.16. The molecule has 3 aromatic rings. The van der Waals surface area contributed by atoms with E-state index in [9.17, 15) is 13.6 Å². The average molecular weight is 389 g/mol. The Hall–Kier alpha value is -2.41. The average Bonchev–Trinajstić information content (AvgIpc) is 3.00. The van der Waals surface area contributed by atoms with Crippen molar-refractivity contribution in [1.82, 2.24) is 9.55 Å². The molecule has 0 saturated heterocycles. The van der Waals surface area contributed by atoms with Crippen molar-refractivity contribution in [2.45, 2.75) is 38.4 Å². The van der Waals surface area contributed by atoms with E-state index in [2.05, 4.69) is 24.1 Å². The van der Waals surface area contributed by atoms with E-state index in [1.54, 1.807) is 24.3 Å². The zero-order chi connectivity index (χ0) is 19.6. The summed E-state index contributed by atoms with van der Waals surface area (Å²) in [6.07, 6.45) is 0. The van der Waals surface area contributed by atoms with Crippen LogP contribution in [0, 0.1) is 6.92 Å². The second-order valence-corrected chi connectivity index (χ2v) is 7.50. The molecule has 1 heterocycles. The number of alkyl halides is 2. The van der Waals surface area contributed by atoms with Crippen LogP contribution in [0.1, 0.15) is 37.4 Å². The number of thioether (sulfide) groups is 1. The lowest BCUT2D eigenvalue weighted by Crippen LogP contribution is -2.17. The van der Waals surface area contributed by atoms with Crippen molar-refractivity contribution < 1.29 is 13.6 Å². The van der Waals surface area contributed by atoms with Gasteiger partial charge < -0.3 is 5.32 Å². The zero-order valence-corrected chi connectivity index (χ0v) is 16.2. The van der Waals surface area contributed by atoms with Crippen molar-refractivity contribution in [3.63, 3.8) is 0 Å². The third-order valence-corrected chi connectivity index (χ3v) is 5.24. The first-order valence-electron chi connectivity index (χ1n) is 8.65. The third-order valence-electron chi connectivity index (χ3n) is 4.28. The number of fused-ring (bicyclic) bond motifs is 1. The molecule has 1 aromatic heterocycles. The first-order valence-corrected chi connectivity index (χ1v) is 9.64. The predicted octanol–water partition coefficient (Wildman–Crippen LogP) is 5.59. The molecular formula is C20H21F2N3OS. The highest BCUT2D eigenvalue weighted by molar-refractivity contribution is 7.99. The number of para-hydroxylation sites is 3. The number of anilines is 1. The summed E-state index contributed by atoms with van der Waals surface area (Å²) in [5.41, 5.74) is 3.66. The molecule has 0 aliphatic rings. The van der Waals surface area contributed by atoms with E-state index in [0.29, 0.717) is 11.0 Å². The molecule has 0 bridgehead atoms. The van der Waals surface area contributed by atoms with Gasteiger partial charge in [0.1, 0.15) is 0 Å². The molecule has 4 nitrogen and oxygen atoms in total. The molecule has 0 saturated carbocycles. The third kappa shape index (κ3) is 4.13. The molecule has 0 spiro atoms. The second-order valence-electron chi connectivity index (χ2n) is 6.56. The van der Waals surface area contributed by atoms with E-state index < -0.39 is 6.55 Å². The Labute approximate surface area is 161 Å². The van der Waals surface area contributed by atoms with Gasteiger partial charge in [-0.2, -0.15) is 8.78 Å². The minimum absolute atomic E-state index is 0.00190. The van der Waals surface area contributed by atoms with Crippen molar-refractivity contribution in [2.75, 3.05) is 11.1 Å². The molecule has 2 aromatic carbocycles. The minimum Gasteiger partial charge on any atom is -0.325 e. The Bertz CT molecular complexity index is 969. The summed E-state index contributed by atoms with van der Waals surface area (Å²) in [5, 5.41) is 3.06. The lowest BCUT2D eigenvalue weighted by molar-refractivity contribution is -0.113. The molecule has 0 fully saturated rings. The topological polar surface area (TPSA) is 46.9 Å². The van der Waals surface area contributed by atoms with Gasteiger partial charge in [-0.3, -0.25) is 9.36 Å². The van der Waals surface area contributed by atoms with Crippen LogP contribution in [0.15, 0.2) is 47.6 Å². The van der Waals surface area contributed by atoms with Gasteiger partial charge >= 0.3 is 6.55 Å². The van der Waals surface area contributed by atoms with Gasteiger partial charge in [0.2, 0.25) is 5.91 Å². The fourth-order valence-electron chi connectivity index (χ4n) is 2.96. The molecule has 27 heavy (non-hydrogen) atoms. The van der Waals surface area contributed by atoms with Crippen LogP contribution in [-0.4, -0.2) is 21.2 Å². The Balaban J connectivity index is 1.78. The number of hydrogen-bond donors (Lipinski definition) is 1. The summed E-state index contributed by atoms with van der Waals surface area (Å²) >= 11 is 1.01. The van der Waals surface area contributed by atoms with Crippen LogP contribution < -0.4 is 5.32 Å². The molecule has 3 rings (SSSR count). The highest BCUT2D eigenvalue weighted by Crippen LogP contribution is 2.30. The minimum atomic E-state index is -2.72. The van der Waals surface area contributed by atoms with E-state index in [0.717, 1.165) is 33.1 Å². The van der Waals surface area contributed by atoms with E-state index in [-0.39, 0.29) is 22.7 Å². The maximum Gasteiger partial charge on any atom is 0.321 e. The number of halogens is 2. The number of carbonyl (C=O) groups excluding carboxylic acids is 1. The van der Waals surface area contributed by atoms with Crippen LogP contribution in [0.4, 0.5) is 14.5 Å². The molecule has 1 amide bonds. The van der Waals surface area contributed by atoms with Crippen molar-refractivity contribution in [2.24, 2.45) is 0 Å². The fraction of sp³-hybridized carbons (Fsp3) is 0.300. The quantitative estimate of drug-likeness (QED) is 0.559. The van der Waals surface area contributed by atoms with Crippen molar-refractivity contribution in [1.29, 1.82) is 0 Å². The lowest BCUT2D eigenvalue weighted by atomic mass is 9.98. The normalized spacial score (nSPS) is 11.5. The fourth-order valence-corrected chi connectivity index (χ4v) is 3.77. The number of nitrogens with zero attached hydrogens (tertiary/aromatic N) is 2. The van der Waals surface area contributed by atoms with E-state index in [4.69, 9.17) is 0 Å². The van der Waals surface area contributed by atoms with Crippen LogP contribution in [0.25, 0.3) is 11.0 Å². The first-order chi connectivity index (χ1) is 12.9. The van der Waals surface area contributed by atoms with Gasteiger partial charge in [0.15, 0.2) is 5.16 Å². The van der Waals surface area contributed by atoms with Gasteiger partial charge in [-0.25, -0.2) is 4.98 Å². The number of hydrogen-bond acceptors (Lipinski definition) is 3. The number of imidazole rings is 1. The number of aryl methyl sites for hydroxylation is 1. The number of amides is 1. The Morgan fingerprint density at radius 1 is 1.19 bits per heavy atom. The van der Waals surface area contributed by atoms with Crippen LogP contribution in [0.5, 0.6) is 0 Å². The molecule has 0 atom stereocenters. The number of carbonyl (C=O) groups is 1. The smallest absolute Gasteiger partial charge is 0.321 e. The van der Waals surface area contributed by atoms with Crippen molar-refractivity contribution in [3.05, 3.63) is 53.6 Å². The second kappa shape index (κ2) is 8.08. The van der Waals surface area contributed by atoms with Gasteiger partial charge in [-0.1, -0.05) is 55.9 Å². The summed E-state index contributed by atoms with van der Waals surface area (Å²) in [4.78, 5) is 16.7. The predicted molar refractivity (Wildman–Crippen MR) is 106 cm³/mol.